The van der Waals surface area contributed by atoms with E-state index >= 15 is 0 Å². The number of nitrogens with one attached hydrogen (secondary N) is 1. The average molecular weight is 236 g/mol. The van der Waals surface area contributed by atoms with E-state index in [-0.39, 0.29) is 5.75 Å². The zero-order valence-corrected chi connectivity index (χ0v) is 9.17. The summed E-state index contributed by atoms with van der Waals surface area (Å²) in [4.78, 5) is 24.4. The number of hydrogen-bond donors (Lipinski definition) is 3. The van der Waals surface area contributed by atoms with Gasteiger partial charge in [-0.3, -0.25) is 10.1 Å². The predicted octanol–water partition coefficient (Wildman–Crippen LogP) is -0.239. The number of amides is 3. The van der Waals surface area contributed by atoms with Crippen LogP contribution in [-0.2, 0) is 10.3 Å². The molecule has 3 N–H and O–H groups in total. The number of hydrogen-bond acceptors (Lipinski definition) is 4. The van der Waals surface area contributed by atoms with Gasteiger partial charge in [-0.1, -0.05) is 12.1 Å². The first-order valence-corrected chi connectivity index (χ1v) is 5.02. The molecular formula is C11H12N2O4. The number of nitrogens with zero attached hydrogens (tertiary/aromatic N) is 1. The van der Waals surface area contributed by atoms with E-state index in [9.17, 15) is 19.8 Å². The molecule has 1 fully saturated rings. The fraction of sp³-hybridized carbons (Fsp3) is 0.273. The SMILES string of the molecule is CN1C(=O)NC(=O)C1(CO)c1ccc(O)cc1. The van der Waals surface area contributed by atoms with E-state index in [4.69, 9.17) is 0 Å². The fourth-order valence-electron chi connectivity index (χ4n) is 1.94. The van der Waals surface area contributed by atoms with Crippen LogP contribution in [0, 0.1) is 0 Å². The molecule has 0 spiro atoms. The molecular weight excluding hydrogens is 224 g/mol. The van der Waals surface area contributed by atoms with Crippen LogP contribution in [0.15, 0.2) is 24.3 Å². The van der Waals surface area contributed by atoms with Gasteiger partial charge in [0.2, 0.25) is 0 Å². The topological polar surface area (TPSA) is 89.9 Å². The molecule has 3 amide bonds. The minimum absolute atomic E-state index is 0.0502. The van der Waals surface area contributed by atoms with Crippen molar-refractivity contribution in [1.29, 1.82) is 0 Å². The number of likely N-dealkylation sites (N-methyl/N-ethyl adjacent to an activating group) is 1. The van der Waals surface area contributed by atoms with Crippen molar-refractivity contribution in [3.63, 3.8) is 0 Å². The van der Waals surface area contributed by atoms with Gasteiger partial charge in [0.15, 0.2) is 5.54 Å². The Hall–Kier alpha value is -2.08. The zero-order valence-electron chi connectivity index (χ0n) is 9.17. The number of phenols is 1. The van der Waals surface area contributed by atoms with Gasteiger partial charge in [0, 0.05) is 7.05 Å². The highest BCUT2D eigenvalue weighted by molar-refractivity contribution is 6.07. The molecule has 90 valence electrons. The molecule has 0 aliphatic carbocycles. The molecule has 1 aliphatic heterocycles. The number of aliphatic hydroxyl groups excluding tert-OH is 1. The second-order valence-electron chi connectivity index (χ2n) is 3.88. The van der Waals surface area contributed by atoms with Crippen LogP contribution >= 0.6 is 0 Å². The molecule has 1 heterocycles. The van der Waals surface area contributed by atoms with E-state index in [1.54, 1.807) is 0 Å². The summed E-state index contributed by atoms with van der Waals surface area (Å²) in [6.07, 6.45) is 0. The third-order valence-corrected chi connectivity index (χ3v) is 3.05. The van der Waals surface area contributed by atoms with Gasteiger partial charge in [0.1, 0.15) is 5.75 Å². The van der Waals surface area contributed by atoms with Crippen molar-refractivity contribution >= 4 is 11.9 Å². The van der Waals surface area contributed by atoms with Crippen molar-refractivity contribution in [2.45, 2.75) is 5.54 Å². The number of phenolic OH excluding ortho intramolecular Hbond substituents is 1. The standard InChI is InChI=1S/C11H12N2O4/c1-13-10(17)12-9(16)11(13,6-14)7-2-4-8(15)5-3-7/h2-5,14-15H,6H2,1H3,(H,12,16,17). The van der Waals surface area contributed by atoms with Gasteiger partial charge in [-0.25, -0.2) is 4.79 Å². The van der Waals surface area contributed by atoms with Crippen LogP contribution < -0.4 is 5.32 Å². The third-order valence-electron chi connectivity index (χ3n) is 3.05. The first-order chi connectivity index (χ1) is 8.02. The van der Waals surface area contributed by atoms with Gasteiger partial charge in [0.25, 0.3) is 5.91 Å². The second-order valence-corrected chi connectivity index (χ2v) is 3.88. The summed E-state index contributed by atoms with van der Waals surface area (Å²) in [5, 5.41) is 20.8. The molecule has 6 heteroatoms. The van der Waals surface area contributed by atoms with Crippen LogP contribution in [0.2, 0.25) is 0 Å². The van der Waals surface area contributed by atoms with Gasteiger partial charge in [-0.15, -0.1) is 0 Å². The van der Waals surface area contributed by atoms with Crippen LogP contribution in [0.1, 0.15) is 5.56 Å². The van der Waals surface area contributed by atoms with Gasteiger partial charge in [0.05, 0.1) is 6.61 Å². The highest BCUT2D eigenvalue weighted by atomic mass is 16.3. The maximum atomic E-state index is 11.8. The smallest absolute Gasteiger partial charge is 0.325 e. The Morgan fingerprint density at radius 1 is 1.29 bits per heavy atom. The summed E-state index contributed by atoms with van der Waals surface area (Å²) in [5.74, 6) is -0.521. The highest BCUT2D eigenvalue weighted by Crippen LogP contribution is 2.32. The lowest BCUT2D eigenvalue weighted by Gasteiger charge is -2.31. The largest absolute Gasteiger partial charge is 0.508 e. The van der Waals surface area contributed by atoms with Crippen LogP contribution in [0.25, 0.3) is 0 Å². The Morgan fingerprint density at radius 3 is 2.29 bits per heavy atom. The number of urea groups is 1. The lowest BCUT2D eigenvalue weighted by molar-refractivity contribution is -0.128. The third kappa shape index (κ3) is 1.45. The normalized spacial score (nSPS) is 24.0. The molecule has 1 aliphatic rings. The van der Waals surface area contributed by atoms with E-state index in [1.807, 2.05) is 0 Å². The Balaban J connectivity index is 2.54. The van der Waals surface area contributed by atoms with Crippen molar-refractivity contribution < 1.29 is 19.8 Å². The minimum atomic E-state index is -1.41. The molecule has 6 nitrogen and oxygen atoms in total. The Morgan fingerprint density at radius 2 is 1.88 bits per heavy atom. The van der Waals surface area contributed by atoms with Gasteiger partial charge in [-0.2, -0.15) is 0 Å². The van der Waals surface area contributed by atoms with E-state index in [2.05, 4.69) is 5.32 Å². The minimum Gasteiger partial charge on any atom is -0.508 e. The quantitative estimate of drug-likeness (QED) is 0.618. The molecule has 1 saturated heterocycles. The molecule has 0 radical (unpaired) electrons. The lowest BCUT2D eigenvalue weighted by atomic mass is 9.89. The van der Waals surface area contributed by atoms with Crippen molar-refractivity contribution in [2.75, 3.05) is 13.7 Å². The van der Waals surface area contributed by atoms with Crippen molar-refractivity contribution in [3.8, 4) is 5.75 Å². The predicted molar refractivity (Wildman–Crippen MR) is 58.2 cm³/mol. The number of aromatic hydroxyl groups is 1. The monoisotopic (exact) mass is 236 g/mol. The molecule has 1 aromatic carbocycles. The van der Waals surface area contributed by atoms with Crippen molar-refractivity contribution in [1.82, 2.24) is 10.2 Å². The zero-order chi connectivity index (χ0) is 12.6. The maximum absolute atomic E-state index is 11.8. The van der Waals surface area contributed by atoms with Gasteiger partial charge < -0.3 is 15.1 Å². The molecule has 17 heavy (non-hydrogen) atoms. The number of carbonyl (C=O) groups excluding carboxylic acids is 2. The Bertz CT molecular complexity index is 471. The molecule has 0 aromatic heterocycles. The number of imide groups is 1. The molecule has 1 atom stereocenters. The highest BCUT2D eigenvalue weighted by Gasteiger charge is 2.52. The van der Waals surface area contributed by atoms with Crippen molar-refractivity contribution in [2.24, 2.45) is 0 Å². The van der Waals surface area contributed by atoms with E-state index in [0.717, 1.165) is 4.90 Å². The number of carbonyl (C=O) groups is 2. The Kier molecular flexibility index (Phi) is 2.51. The van der Waals surface area contributed by atoms with Crippen LogP contribution in [0.3, 0.4) is 0 Å². The number of aliphatic hydroxyl groups is 1. The van der Waals surface area contributed by atoms with E-state index in [1.165, 1.54) is 31.3 Å². The van der Waals surface area contributed by atoms with Crippen LogP contribution in [0.5, 0.6) is 5.75 Å². The van der Waals surface area contributed by atoms with E-state index < -0.39 is 24.1 Å². The average Bonchev–Trinajstić information content (AvgIpc) is 2.53. The summed E-state index contributed by atoms with van der Waals surface area (Å²) in [5.41, 5.74) is -0.964. The van der Waals surface area contributed by atoms with E-state index in [0.29, 0.717) is 5.56 Å². The summed E-state index contributed by atoms with van der Waals surface area (Å²) in [7, 11) is 1.43. The lowest BCUT2D eigenvalue weighted by Crippen LogP contribution is -2.48. The van der Waals surface area contributed by atoms with Crippen LogP contribution in [-0.4, -0.2) is 40.7 Å². The van der Waals surface area contributed by atoms with Gasteiger partial charge >= 0.3 is 6.03 Å². The molecule has 0 bridgehead atoms. The molecule has 1 unspecified atom stereocenters. The Labute approximate surface area is 97.5 Å². The first kappa shape index (κ1) is 11.4. The van der Waals surface area contributed by atoms with Crippen LogP contribution in [0.4, 0.5) is 4.79 Å². The molecule has 0 saturated carbocycles. The molecule has 2 rings (SSSR count). The fourth-order valence-corrected chi connectivity index (χ4v) is 1.94. The van der Waals surface area contributed by atoms with Crippen molar-refractivity contribution in [3.05, 3.63) is 29.8 Å². The summed E-state index contributed by atoms with van der Waals surface area (Å²) >= 11 is 0. The second kappa shape index (κ2) is 3.74. The molecule has 1 aromatic rings. The summed E-state index contributed by atoms with van der Waals surface area (Å²) < 4.78 is 0. The number of rotatable bonds is 2. The first-order valence-electron chi connectivity index (χ1n) is 5.02. The number of benzene rings is 1. The summed E-state index contributed by atoms with van der Waals surface area (Å²) in [6, 6.07) is 5.24. The maximum Gasteiger partial charge on any atom is 0.325 e. The van der Waals surface area contributed by atoms with Gasteiger partial charge in [-0.05, 0) is 17.7 Å². The summed E-state index contributed by atoms with van der Waals surface area (Å²) in [6.45, 7) is -0.522.